The third-order valence-corrected chi connectivity index (χ3v) is 7.70. The molecule has 1 aromatic rings. The van der Waals surface area contributed by atoms with Gasteiger partial charge in [0.05, 0.1) is 11.1 Å². The fourth-order valence-corrected chi connectivity index (χ4v) is 5.71. The number of nitrogens with zero attached hydrogens (tertiary/aromatic N) is 4. The van der Waals surface area contributed by atoms with Gasteiger partial charge in [-0.15, -0.1) is 0 Å². The van der Waals surface area contributed by atoms with E-state index in [4.69, 9.17) is 0 Å². The van der Waals surface area contributed by atoms with Crippen LogP contribution in [-0.4, -0.2) is 95.7 Å². The lowest BCUT2D eigenvalue weighted by atomic mass is 9.94. The number of hydrogen-bond acceptors (Lipinski definition) is 5. The monoisotopic (exact) mass is 438 g/mol. The molecule has 3 fully saturated rings. The number of rotatable bonds is 5. The molecule has 0 bridgehead atoms. The Morgan fingerprint density at radius 2 is 1.38 bits per heavy atom. The number of imide groups is 1. The molecule has 0 radical (unpaired) electrons. The van der Waals surface area contributed by atoms with E-state index in [2.05, 4.69) is 9.80 Å². The van der Waals surface area contributed by atoms with Gasteiger partial charge in [-0.05, 0) is 57.0 Å². The van der Waals surface area contributed by atoms with Crippen molar-refractivity contribution >= 4 is 17.7 Å². The summed E-state index contributed by atoms with van der Waals surface area (Å²) < 4.78 is 0. The van der Waals surface area contributed by atoms with Crippen molar-refractivity contribution in [1.29, 1.82) is 0 Å². The van der Waals surface area contributed by atoms with Crippen LogP contribution in [0.5, 0.6) is 0 Å². The van der Waals surface area contributed by atoms with Crippen molar-refractivity contribution in [2.45, 2.75) is 51.0 Å². The Balaban J connectivity index is 1.20. The molecule has 4 aliphatic rings. The van der Waals surface area contributed by atoms with Crippen molar-refractivity contribution in [3.8, 4) is 0 Å². The highest BCUT2D eigenvalue weighted by atomic mass is 16.2. The van der Waals surface area contributed by atoms with Gasteiger partial charge in [-0.2, -0.15) is 0 Å². The van der Waals surface area contributed by atoms with E-state index in [1.165, 1.54) is 37.3 Å². The zero-order valence-corrected chi connectivity index (χ0v) is 18.9. The van der Waals surface area contributed by atoms with Gasteiger partial charge < -0.3 is 9.80 Å². The average molecular weight is 439 g/mol. The van der Waals surface area contributed by atoms with Gasteiger partial charge in [0, 0.05) is 50.9 Å². The first-order chi connectivity index (χ1) is 15.6. The molecule has 1 saturated carbocycles. The first-order valence-corrected chi connectivity index (χ1v) is 12.4. The summed E-state index contributed by atoms with van der Waals surface area (Å²) in [6, 6.07) is 5.05. The topological polar surface area (TPSA) is 64.2 Å². The van der Waals surface area contributed by atoms with Gasteiger partial charge in [0.15, 0.2) is 0 Å². The summed E-state index contributed by atoms with van der Waals surface area (Å²) >= 11 is 0. The van der Waals surface area contributed by atoms with Gasteiger partial charge >= 0.3 is 0 Å². The maximum atomic E-state index is 13.1. The van der Waals surface area contributed by atoms with Crippen molar-refractivity contribution in [3.05, 3.63) is 34.9 Å². The Labute approximate surface area is 190 Å². The molecule has 2 saturated heterocycles. The SMILES string of the molecule is O=C(c1ccc2c(c1)C(=O)N(C1CCCCC1)C2=O)N1CCN(CCN2CCCC2)CC1. The third kappa shape index (κ3) is 4.20. The van der Waals surface area contributed by atoms with Crippen LogP contribution >= 0.6 is 0 Å². The number of likely N-dealkylation sites (tertiary alicyclic amines) is 1. The fourth-order valence-electron chi connectivity index (χ4n) is 5.71. The predicted octanol–water partition coefficient (Wildman–Crippen LogP) is 2.47. The van der Waals surface area contributed by atoms with E-state index >= 15 is 0 Å². The summed E-state index contributed by atoms with van der Waals surface area (Å²) in [5.74, 6) is -0.454. The summed E-state index contributed by atoms with van der Waals surface area (Å²) in [5.41, 5.74) is 1.36. The molecule has 0 aromatic heterocycles. The average Bonchev–Trinajstić information content (AvgIpc) is 3.44. The molecule has 1 aromatic carbocycles. The van der Waals surface area contributed by atoms with Crippen LogP contribution in [0.3, 0.4) is 0 Å². The Morgan fingerprint density at radius 1 is 0.750 bits per heavy atom. The number of piperazine rings is 1. The smallest absolute Gasteiger partial charge is 0.261 e. The van der Waals surface area contributed by atoms with Gasteiger partial charge in [0.2, 0.25) is 0 Å². The number of fused-ring (bicyclic) bond motifs is 1. The molecule has 5 rings (SSSR count). The van der Waals surface area contributed by atoms with Crippen LogP contribution in [0, 0.1) is 0 Å². The number of carbonyl (C=O) groups excluding carboxylic acids is 3. The second-order valence-electron chi connectivity index (χ2n) is 9.72. The Morgan fingerprint density at radius 3 is 2.06 bits per heavy atom. The van der Waals surface area contributed by atoms with E-state index in [-0.39, 0.29) is 23.8 Å². The molecule has 1 aliphatic carbocycles. The molecular formula is C25H34N4O3. The van der Waals surface area contributed by atoms with Gasteiger partial charge in [-0.1, -0.05) is 19.3 Å². The zero-order valence-electron chi connectivity index (χ0n) is 18.9. The van der Waals surface area contributed by atoms with Gasteiger partial charge in [0.1, 0.15) is 0 Å². The fraction of sp³-hybridized carbons (Fsp3) is 0.640. The minimum Gasteiger partial charge on any atom is -0.336 e. The lowest BCUT2D eigenvalue weighted by Crippen LogP contribution is -2.50. The second-order valence-corrected chi connectivity index (χ2v) is 9.72. The first kappa shape index (κ1) is 21.6. The molecule has 32 heavy (non-hydrogen) atoms. The van der Waals surface area contributed by atoms with Crippen molar-refractivity contribution in [3.63, 3.8) is 0 Å². The van der Waals surface area contributed by atoms with E-state index < -0.39 is 0 Å². The Kier molecular flexibility index (Phi) is 6.28. The highest BCUT2D eigenvalue weighted by molar-refractivity contribution is 6.22. The van der Waals surface area contributed by atoms with E-state index in [9.17, 15) is 14.4 Å². The van der Waals surface area contributed by atoms with Crippen LogP contribution in [0.4, 0.5) is 0 Å². The van der Waals surface area contributed by atoms with Crippen molar-refractivity contribution in [2.75, 3.05) is 52.4 Å². The lowest BCUT2D eigenvalue weighted by Gasteiger charge is -2.35. The van der Waals surface area contributed by atoms with E-state index in [1.807, 2.05) is 4.90 Å². The van der Waals surface area contributed by atoms with Gasteiger partial charge in [-0.25, -0.2) is 0 Å². The number of benzene rings is 1. The number of hydrogen-bond donors (Lipinski definition) is 0. The van der Waals surface area contributed by atoms with Crippen molar-refractivity contribution < 1.29 is 14.4 Å². The van der Waals surface area contributed by atoms with Gasteiger partial charge in [0.25, 0.3) is 17.7 Å². The molecular weight excluding hydrogens is 404 g/mol. The molecule has 3 amide bonds. The van der Waals surface area contributed by atoms with Crippen molar-refractivity contribution in [2.24, 2.45) is 0 Å². The molecule has 0 N–H and O–H groups in total. The molecule has 7 nitrogen and oxygen atoms in total. The Hall–Kier alpha value is -2.25. The van der Waals surface area contributed by atoms with Gasteiger partial charge in [-0.3, -0.25) is 24.2 Å². The van der Waals surface area contributed by atoms with Crippen LogP contribution in [0.25, 0.3) is 0 Å². The molecule has 0 unspecified atom stereocenters. The maximum absolute atomic E-state index is 13.1. The Bertz CT molecular complexity index is 881. The summed E-state index contributed by atoms with van der Waals surface area (Å²) in [4.78, 5) is 47.4. The number of amides is 3. The highest BCUT2D eigenvalue weighted by Crippen LogP contribution is 2.31. The zero-order chi connectivity index (χ0) is 22.1. The molecule has 3 aliphatic heterocycles. The van der Waals surface area contributed by atoms with Crippen molar-refractivity contribution in [1.82, 2.24) is 19.6 Å². The summed E-state index contributed by atoms with van der Waals surface area (Å²) in [5, 5.41) is 0. The summed E-state index contributed by atoms with van der Waals surface area (Å²) in [6.45, 7) is 7.80. The van der Waals surface area contributed by atoms with E-state index in [0.717, 1.165) is 51.9 Å². The van der Waals surface area contributed by atoms with Crippen LogP contribution in [0.1, 0.15) is 76.0 Å². The van der Waals surface area contributed by atoms with Crippen LogP contribution in [0.2, 0.25) is 0 Å². The van der Waals surface area contributed by atoms with Crippen LogP contribution in [-0.2, 0) is 0 Å². The molecule has 0 spiro atoms. The lowest BCUT2D eigenvalue weighted by molar-refractivity contribution is 0.0548. The van der Waals surface area contributed by atoms with Crippen LogP contribution < -0.4 is 0 Å². The summed E-state index contributed by atoms with van der Waals surface area (Å²) in [7, 11) is 0. The third-order valence-electron chi connectivity index (χ3n) is 7.70. The maximum Gasteiger partial charge on any atom is 0.261 e. The minimum atomic E-state index is -0.224. The standard InChI is InChI=1S/C25H34N4O3/c30-23(28-16-14-27(15-17-28)13-12-26-10-4-5-11-26)19-8-9-21-22(18-19)25(32)29(24(21)31)20-6-2-1-3-7-20/h8-9,18,20H,1-7,10-17H2. The number of carbonyl (C=O) groups is 3. The minimum absolute atomic E-state index is 0.00365. The molecule has 0 atom stereocenters. The van der Waals surface area contributed by atoms with E-state index in [0.29, 0.717) is 29.8 Å². The largest absolute Gasteiger partial charge is 0.336 e. The second kappa shape index (κ2) is 9.32. The first-order valence-electron chi connectivity index (χ1n) is 12.4. The van der Waals surface area contributed by atoms with Crippen LogP contribution in [0.15, 0.2) is 18.2 Å². The predicted molar refractivity (Wildman–Crippen MR) is 122 cm³/mol. The normalized spacial score (nSPS) is 23.2. The molecule has 172 valence electrons. The molecule has 7 heteroatoms. The molecule has 3 heterocycles. The quantitative estimate of drug-likeness (QED) is 0.661. The van der Waals surface area contributed by atoms with E-state index in [1.54, 1.807) is 18.2 Å². The summed E-state index contributed by atoms with van der Waals surface area (Å²) in [6.07, 6.45) is 7.70. The highest BCUT2D eigenvalue weighted by Gasteiger charge is 2.40.